The van der Waals surface area contributed by atoms with Crippen LogP contribution >= 0.6 is 0 Å². The molecule has 17 rings (SSSR count). The van der Waals surface area contributed by atoms with Crippen molar-refractivity contribution in [3.8, 4) is 89.0 Å². The monoisotopic (exact) mass is 1560 g/mol. The van der Waals surface area contributed by atoms with E-state index in [2.05, 4.69) is 19.9 Å². The molecule has 28 heteroatoms. The molecule has 9 N–H and O–H groups in total. The number of H-pyrrole nitrogens is 4. The molecule has 111 heavy (non-hydrogen) atoms. The summed E-state index contributed by atoms with van der Waals surface area (Å²) < 4.78 is 175. The highest BCUT2D eigenvalue weighted by atomic mass is 32.2. The van der Waals surface area contributed by atoms with Crippen LogP contribution in [0.15, 0.2) is 243 Å². The Labute approximate surface area is 633 Å². The zero-order valence-corrected chi connectivity index (χ0v) is 61.6. The Morgan fingerprint density at radius 2 is 0.324 bits per heavy atom. The summed E-state index contributed by atoms with van der Waals surface area (Å²) in [6, 6.07) is 58.9. The first-order chi connectivity index (χ1) is 53.0. The Bertz CT molecular complexity index is 7120. The average Bonchev–Trinajstić information content (AvgIpc) is 1.60. The zero-order valence-electron chi connectivity index (χ0n) is 57.6. The van der Waals surface area contributed by atoms with Gasteiger partial charge in [0.2, 0.25) is 0 Å². The van der Waals surface area contributed by atoms with Crippen LogP contribution in [-0.2, 0) is 50.6 Å². The van der Waals surface area contributed by atoms with Crippen molar-refractivity contribution in [1.82, 2.24) is 39.9 Å². The minimum absolute atomic E-state index is 0.314. The lowest BCUT2D eigenvalue weighted by Gasteiger charge is -2.09. The van der Waals surface area contributed by atoms with Crippen LogP contribution in [0.5, 0.6) is 0 Å². The highest BCUT2D eigenvalue weighted by Crippen LogP contribution is 2.44. The molecule has 0 radical (unpaired) electrons. The number of hydrogen-bond donors (Lipinski definition) is 9. The van der Waals surface area contributed by atoms with Crippen molar-refractivity contribution >= 4 is 143 Å². The van der Waals surface area contributed by atoms with Crippen LogP contribution in [-0.4, -0.2) is 105 Å². The van der Waals surface area contributed by atoms with Gasteiger partial charge >= 0.3 is 0 Å². The van der Waals surface area contributed by atoms with E-state index in [1.807, 2.05) is 122 Å². The average molecular weight is 1570 g/mol. The summed E-state index contributed by atoms with van der Waals surface area (Å²) in [6.07, 6.45) is 14.6. The van der Waals surface area contributed by atoms with Crippen LogP contribution in [0.2, 0.25) is 0 Å². The summed E-state index contributed by atoms with van der Waals surface area (Å²) in [7, 11) is -23.1. The Hall–Kier alpha value is -12.7. The topological polar surface area (TPSA) is 387 Å². The number of hydrogen-bond acceptors (Lipinski definition) is 14. The maximum atomic E-state index is 12.5. The first-order valence-electron chi connectivity index (χ1n) is 33.9. The molecule has 0 atom stereocenters. The van der Waals surface area contributed by atoms with Crippen LogP contribution in [0, 0.1) is 6.92 Å². The molecule has 7 aromatic carbocycles. The van der Waals surface area contributed by atoms with E-state index >= 15 is 0 Å². The molecule has 4 aliphatic rings. The van der Waals surface area contributed by atoms with Crippen molar-refractivity contribution < 1.29 is 64.9 Å². The molecule has 10 heterocycles. The number of aryl methyl sites for hydroxylation is 1. The van der Waals surface area contributed by atoms with Crippen LogP contribution in [0.4, 0.5) is 0 Å². The molecular formula is C83H56N8O15S5. The van der Waals surface area contributed by atoms with Gasteiger partial charge in [0.1, 0.15) is 0 Å². The lowest BCUT2D eigenvalue weighted by molar-refractivity contribution is 0.481. The zero-order chi connectivity index (χ0) is 77.2. The lowest BCUT2D eigenvalue weighted by Crippen LogP contribution is -1.97. The van der Waals surface area contributed by atoms with Gasteiger partial charge in [0.15, 0.2) is 0 Å². The summed E-state index contributed by atoms with van der Waals surface area (Å²) in [5.74, 6) is 0. The molecule has 23 nitrogen and oxygen atoms in total. The second-order valence-corrected chi connectivity index (χ2v) is 33.6. The highest BCUT2D eigenvalue weighted by molar-refractivity contribution is 7.86. The van der Waals surface area contributed by atoms with Crippen molar-refractivity contribution in [3.05, 3.63) is 270 Å². The number of aromatic amines is 4. The standard InChI is InChI=1S/C83H56N8O15S5/c1-46-2-4-47(5-3-46)76-60-30-36-66(84-60)79(50-10-20-55(21-11-50)107(92,93)94)68-38-32-62(86-68)77(63-33-39-69(87-63)80(67-37-31-61(76)85-67)51-12-22-56(23-13-51)108(95,96)97)48-6-8-49(9-7-48)78-64-34-40-70(88-64)81(52-14-24-57(25-15-52)109(98,99)100)72-42-44-74(90-72)83(54-18-28-59(29-19-54)111(104,105)106)75-45-43-73(91-75)82(71-41-35-65(78)89-71)53-16-26-58(27-17-53)110(101,102)103/h2-45,84,87-88,91H,1H3,(H,92,93,94)(H,95,96,97)(H,98,99,100)(H,101,102,103)(H,104,105,106). The number of rotatable bonds is 13. The molecular weight excluding hydrogens is 1510 g/mol. The van der Waals surface area contributed by atoms with Crippen molar-refractivity contribution in [3.63, 3.8) is 0 Å². The van der Waals surface area contributed by atoms with Gasteiger partial charge in [0.05, 0.1) is 70.0 Å². The number of fused-ring (bicyclic) bond motifs is 16. The van der Waals surface area contributed by atoms with E-state index in [1.165, 1.54) is 97.1 Å². The lowest BCUT2D eigenvalue weighted by atomic mass is 9.98. The Morgan fingerprint density at radius 3 is 0.459 bits per heavy atom. The van der Waals surface area contributed by atoms with Gasteiger partial charge in [0.25, 0.3) is 50.6 Å². The van der Waals surface area contributed by atoms with Crippen molar-refractivity contribution in [2.45, 2.75) is 31.4 Å². The largest absolute Gasteiger partial charge is 0.354 e. The molecule has 0 unspecified atom stereocenters. The smallest absolute Gasteiger partial charge is 0.294 e. The van der Waals surface area contributed by atoms with Gasteiger partial charge in [-0.2, -0.15) is 42.1 Å². The van der Waals surface area contributed by atoms with Gasteiger partial charge in [-0.1, -0.05) is 115 Å². The number of aromatic nitrogens is 8. The summed E-state index contributed by atoms with van der Waals surface area (Å²) in [4.78, 5) is 34.2. The minimum atomic E-state index is -4.64. The summed E-state index contributed by atoms with van der Waals surface area (Å²) in [6.45, 7) is 1.99. The second kappa shape index (κ2) is 26.9. The van der Waals surface area contributed by atoms with Gasteiger partial charge in [-0.3, -0.25) is 22.8 Å². The maximum Gasteiger partial charge on any atom is 0.294 e. The quantitative estimate of drug-likeness (QED) is 0.0484. The van der Waals surface area contributed by atoms with Gasteiger partial charge in [-0.25, -0.2) is 19.9 Å². The fourth-order valence-electron chi connectivity index (χ4n) is 14.3. The third-order valence-electron chi connectivity index (χ3n) is 19.5. The van der Waals surface area contributed by atoms with Crippen LogP contribution < -0.4 is 0 Å². The first-order valence-corrected chi connectivity index (χ1v) is 41.1. The van der Waals surface area contributed by atoms with Gasteiger partial charge in [0, 0.05) is 88.6 Å². The van der Waals surface area contributed by atoms with Gasteiger partial charge in [-0.15, -0.1) is 0 Å². The molecule has 16 bridgehead atoms. The molecule has 0 fully saturated rings. The second-order valence-electron chi connectivity index (χ2n) is 26.4. The third-order valence-corrected chi connectivity index (χ3v) is 23.9. The Kier molecular flexibility index (Phi) is 17.2. The van der Waals surface area contributed by atoms with E-state index in [9.17, 15) is 64.9 Å². The fraction of sp³-hybridized carbons (Fsp3) is 0.0120. The molecule has 548 valence electrons. The highest BCUT2D eigenvalue weighted by Gasteiger charge is 2.25. The van der Waals surface area contributed by atoms with Crippen molar-refractivity contribution in [2.75, 3.05) is 0 Å². The molecule has 0 aliphatic carbocycles. The van der Waals surface area contributed by atoms with Gasteiger partial charge < -0.3 is 19.9 Å². The third kappa shape index (κ3) is 13.6. The van der Waals surface area contributed by atoms with Gasteiger partial charge in [-0.05, 0) is 209 Å². The van der Waals surface area contributed by atoms with Crippen molar-refractivity contribution in [1.29, 1.82) is 0 Å². The summed E-state index contributed by atoms with van der Waals surface area (Å²) >= 11 is 0. The molecule has 0 saturated heterocycles. The summed E-state index contributed by atoms with van der Waals surface area (Å²) in [5.41, 5.74) is 18.0. The van der Waals surface area contributed by atoms with Crippen LogP contribution in [0.1, 0.15) is 51.1 Å². The van der Waals surface area contributed by atoms with E-state index in [0.29, 0.717) is 168 Å². The molecule has 0 amide bonds. The molecule has 0 saturated carbocycles. The van der Waals surface area contributed by atoms with E-state index < -0.39 is 50.6 Å². The molecule has 4 aliphatic heterocycles. The van der Waals surface area contributed by atoms with Crippen LogP contribution in [0.3, 0.4) is 0 Å². The van der Waals surface area contributed by atoms with E-state index in [-0.39, 0.29) is 24.5 Å². The predicted molar refractivity (Wildman–Crippen MR) is 429 cm³/mol. The summed E-state index contributed by atoms with van der Waals surface area (Å²) in [5, 5.41) is 0. The number of nitrogens with one attached hydrogen (secondary N) is 4. The van der Waals surface area contributed by atoms with E-state index in [4.69, 9.17) is 19.9 Å². The Morgan fingerprint density at radius 1 is 0.198 bits per heavy atom. The normalized spacial score (nSPS) is 13.0. The molecule has 13 aromatic rings. The Balaban J connectivity index is 0.934. The predicted octanol–water partition coefficient (Wildman–Crippen LogP) is 17.5. The molecule has 0 spiro atoms. The number of benzene rings is 7. The molecule has 6 aromatic heterocycles. The van der Waals surface area contributed by atoms with E-state index in [1.54, 1.807) is 54.6 Å². The fourth-order valence-corrected chi connectivity index (χ4v) is 16.7. The minimum Gasteiger partial charge on any atom is -0.354 e. The number of nitrogens with zero attached hydrogens (tertiary/aromatic N) is 4. The van der Waals surface area contributed by atoms with Crippen LogP contribution in [0.25, 0.3) is 182 Å². The van der Waals surface area contributed by atoms with Crippen molar-refractivity contribution in [2.24, 2.45) is 0 Å². The first kappa shape index (κ1) is 71.2. The SMILES string of the molecule is Cc1ccc(-c2c3nc(c(-c4ccc(S(=O)(=O)O)cc4)c4ccc([nH]4)c(-c4ccc(-c5c6nc(c(-c7ccc(S(=O)(=O)O)cc7)c7ccc([nH]7)c(-c7ccc(S(=O)(=O)O)cc7)c7nc(c(-c8ccc(S(=O)(=O)O)cc8)c8ccc5[nH]8)C=C7)C=C6)cc4)c4nc(c(-c5ccc(S(=O)(=O)O)cc5)c5ccc2[nH]5)C=C4)C=C3)cc1. The maximum absolute atomic E-state index is 12.5. The van der Waals surface area contributed by atoms with E-state index in [0.717, 1.165) is 16.7 Å².